The highest BCUT2D eigenvalue weighted by molar-refractivity contribution is 5.95. The minimum atomic E-state index is -1.50. The van der Waals surface area contributed by atoms with Gasteiger partial charge in [-0.2, -0.15) is 0 Å². The summed E-state index contributed by atoms with van der Waals surface area (Å²) in [7, 11) is 0. The van der Waals surface area contributed by atoms with E-state index in [0.29, 0.717) is 0 Å². The molecule has 0 unspecified atom stereocenters. The van der Waals surface area contributed by atoms with Gasteiger partial charge in [-0.05, 0) is 35.4 Å². The first-order valence-electron chi connectivity index (χ1n) is 6.16. The van der Waals surface area contributed by atoms with Crippen LogP contribution in [0, 0.1) is 0 Å². The molecule has 0 radical (unpaired) electrons. The zero-order valence-corrected chi connectivity index (χ0v) is 11.6. The Labute approximate surface area is 132 Å². The smallest absolute Gasteiger partial charge is 0.354 e. The highest BCUT2D eigenvalue weighted by Crippen LogP contribution is 2.23. The quantitative estimate of drug-likeness (QED) is 0.616. The maximum atomic E-state index is 11.1. The molecule has 0 aliphatic carbocycles. The van der Waals surface area contributed by atoms with E-state index in [4.69, 9.17) is 20.4 Å². The Morgan fingerprint density at radius 1 is 0.542 bits per heavy atom. The molecule has 2 aromatic rings. The average molecular weight is 332 g/mol. The summed E-state index contributed by atoms with van der Waals surface area (Å²) in [6.45, 7) is 0. The Balaban J connectivity index is 2.74. The fourth-order valence-electron chi connectivity index (χ4n) is 1.83. The van der Waals surface area contributed by atoms with Gasteiger partial charge in [0, 0.05) is 0 Å². The molecular formula is C14H8N2O8. The lowest BCUT2D eigenvalue weighted by Gasteiger charge is -2.07. The van der Waals surface area contributed by atoms with Crippen molar-refractivity contribution >= 4 is 23.9 Å². The molecule has 10 heteroatoms. The minimum Gasteiger partial charge on any atom is -0.477 e. The molecule has 10 nitrogen and oxygen atoms in total. The predicted octanol–water partition coefficient (Wildman–Crippen LogP) is 0.936. The maximum Gasteiger partial charge on any atom is 0.354 e. The van der Waals surface area contributed by atoms with Gasteiger partial charge in [0.2, 0.25) is 0 Å². The van der Waals surface area contributed by atoms with Crippen LogP contribution in [-0.2, 0) is 0 Å². The number of rotatable bonds is 5. The molecule has 2 heterocycles. The summed E-state index contributed by atoms with van der Waals surface area (Å²) in [6.07, 6.45) is 0. The lowest BCUT2D eigenvalue weighted by atomic mass is 10.0. The third-order valence-electron chi connectivity index (χ3n) is 2.86. The maximum absolute atomic E-state index is 11.1. The summed E-state index contributed by atoms with van der Waals surface area (Å²) in [5.74, 6) is -5.98. The third kappa shape index (κ3) is 3.32. The van der Waals surface area contributed by atoms with Crippen LogP contribution in [-0.4, -0.2) is 54.3 Å². The largest absolute Gasteiger partial charge is 0.477 e. The Morgan fingerprint density at radius 3 is 0.917 bits per heavy atom. The van der Waals surface area contributed by atoms with E-state index in [-0.39, 0.29) is 11.1 Å². The molecule has 0 aromatic carbocycles. The van der Waals surface area contributed by atoms with Gasteiger partial charge in [-0.3, -0.25) is 0 Å². The Bertz CT molecular complexity index is 752. The normalized spacial score (nSPS) is 10.2. The van der Waals surface area contributed by atoms with Crippen LogP contribution in [0.4, 0.5) is 0 Å². The van der Waals surface area contributed by atoms with Gasteiger partial charge in [0.15, 0.2) is 0 Å². The van der Waals surface area contributed by atoms with Crippen LogP contribution < -0.4 is 0 Å². The monoisotopic (exact) mass is 332 g/mol. The van der Waals surface area contributed by atoms with E-state index in [9.17, 15) is 19.2 Å². The number of aromatic carboxylic acids is 4. The molecule has 0 fully saturated rings. The number of nitrogens with zero attached hydrogens (tertiary/aromatic N) is 2. The lowest BCUT2D eigenvalue weighted by Crippen LogP contribution is -2.10. The topological polar surface area (TPSA) is 175 Å². The molecule has 0 amide bonds. The first-order chi connectivity index (χ1) is 11.2. The van der Waals surface area contributed by atoms with Crippen molar-refractivity contribution in [1.82, 2.24) is 9.97 Å². The minimum absolute atomic E-state index is 0.0211. The van der Waals surface area contributed by atoms with E-state index in [1.165, 1.54) is 0 Å². The van der Waals surface area contributed by atoms with Crippen molar-refractivity contribution in [3.63, 3.8) is 0 Å². The summed E-state index contributed by atoms with van der Waals surface area (Å²) in [6, 6.07) is 4.01. The number of pyridine rings is 2. The van der Waals surface area contributed by atoms with Gasteiger partial charge in [-0.25, -0.2) is 29.1 Å². The molecule has 0 aliphatic heterocycles. The fraction of sp³-hybridized carbons (Fsp3) is 0. The summed E-state index contributed by atoms with van der Waals surface area (Å²) < 4.78 is 0. The molecule has 2 rings (SSSR count). The molecule has 24 heavy (non-hydrogen) atoms. The van der Waals surface area contributed by atoms with Crippen LogP contribution in [0.25, 0.3) is 11.1 Å². The van der Waals surface area contributed by atoms with Crippen molar-refractivity contribution in [2.75, 3.05) is 0 Å². The number of carboxylic acid groups (broad SMARTS) is 4. The standard InChI is InChI=1S/C14H8N2O8/c17-11(18)7-1-5(2-8(15-7)12(19)20)6-3-9(13(21)22)16-10(4-6)14(23)24/h1-4H,(H,17,18)(H,19,20)(H,21,22)(H,23,24). The number of aromatic nitrogens is 2. The second-order valence-corrected chi connectivity index (χ2v) is 4.47. The molecule has 0 atom stereocenters. The molecular weight excluding hydrogens is 324 g/mol. The number of carboxylic acids is 4. The van der Waals surface area contributed by atoms with Crippen LogP contribution in [0.1, 0.15) is 42.0 Å². The molecule has 0 bridgehead atoms. The van der Waals surface area contributed by atoms with Gasteiger partial charge in [0.1, 0.15) is 22.8 Å². The van der Waals surface area contributed by atoms with E-state index in [1.54, 1.807) is 0 Å². The van der Waals surface area contributed by atoms with E-state index in [1.807, 2.05) is 0 Å². The van der Waals surface area contributed by atoms with Crippen molar-refractivity contribution < 1.29 is 39.6 Å². The number of hydrogen-bond donors (Lipinski definition) is 4. The Hall–Kier alpha value is -3.82. The zero-order chi connectivity index (χ0) is 18.0. The molecule has 0 aliphatic rings. The van der Waals surface area contributed by atoms with Gasteiger partial charge in [0.05, 0.1) is 0 Å². The fourth-order valence-corrected chi connectivity index (χ4v) is 1.83. The first kappa shape index (κ1) is 16.5. The van der Waals surface area contributed by atoms with Crippen molar-refractivity contribution in [1.29, 1.82) is 0 Å². The molecule has 0 saturated heterocycles. The van der Waals surface area contributed by atoms with Crippen molar-refractivity contribution in [2.45, 2.75) is 0 Å². The van der Waals surface area contributed by atoms with Gasteiger partial charge in [-0.1, -0.05) is 0 Å². The van der Waals surface area contributed by atoms with Gasteiger partial charge in [0.25, 0.3) is 0 Å². The van der Waals surface area contributed by atoms with Crippen LogP contribution >= 0.6 is 0 Å². The Kier molecular flexibility index (Phi) is 4.22. The van der Waals surface area contributed by atoms with E-state index < -0.39 is 46.7 Å². The molecule has 0 spiro atoms. The van der Waals surface area contributed by atoms with Crippen LogP contribution in [0.5, 0.6) is 0 Å². The molecule has 2 aromatic heterocycles. The summed E-state index contributed by atoms with van der Waals surface area (Å²) in [4.78, 5) is 51.1. The summed E-state index contributed by atoms with van der Waals surface area (Å²) in [5, 5.41) is 36.0. The number of hydrogen-bond acceptors (Lipinski definition) is 6. The average Bonchev–Trinajstić information content (AvgIpc) is 2.53. The van der Waals surface area contributed by atoms with Crippen molar-refractivity contribution in [3.8, 4) is 11.1 Å². The van der Waals surface area contributed by atoms with Crippen molar-refractivity contribution in [3.05, 3.63) is 47.0 Å². The van der Waals surface area contributed by atoms with Crippen LogP contribution in [0.2, 0.25) is 0 Å². The molecule has 122 valence electrons. The predicted molar refractivity (Wildman–Crippen MR) is 75.3 cm³/mol. The van der Waals surface area contributed by atoms with E-state index in [2.05, 4.69) is 9.97 Å². The third-order valence-corrected chi connectivity index (χ3v) is 2.86. The second-order valence-electron chi connectivity index (χ2n) is 4.47. The molecule has 4 N–H and O–H groups in total. The van der Waals surface area contributed by atoms with Gasteiger partial charge >= 0.3 is 23.9 Å². The Morgan fingerprint density at radius 2 is 0.750 bits per heavy atom. The lowest BCUT2D eigenvalue weighted by molar-refractivity contribution is 0.0663. The van der Waals surface area contributed by atoms with Gasteiger partial charge < -0.3 is 20.4 Å². The van der Waals surface area contributed by atoms with E-state index in [0.717, 1.165) is 24.3 Å². The van der Waals surface area contributed by atoms with Crippen LogP contribution in [0.3, 0.4) is 0 Å². The van der Waals surface area contributed by atoms with Gasteiger partial charge in [-0.15, -0.1) is 0 Å². The molecule has 0 saturated carbocycles. The SMILES string of the molecule is O=C(O)c1cc(-c2cc(C(=O)O)nc(C(=O)O)c2)cc(C(=O)O)n1. The number of carbonyl (C=O) groups is 4. The summed E-state index contributed by atoms with van der Waals surface area (Å²) in [5.41, 5.74) is -2.39. The zero-order valence-electron chi connectivity index (χ0n) is 11.6. The highest BCUT2D eigenvalue weighted by atomic mass is 16.4. The second kappa shape index (κ2) is 6.12. The van der Waals surface area contributed by atoms with E-state index >= 15 is 0 Å². The first-order valence-corrected chi connectivity index (χ1v) is 6.16. The van der Waals surface area contributed by atoms with Crippen molar-refractivity contribution in [2.24, 2.45) is 0 Å². The van der Waals surface area contributed by atoms with Crippen LogP contribution in [0.15, 0.2) is 24.3 Å². The summed E-state index contributed by atoms with van der Waals surface area (Å²) >= 11 is 0. The highest BCUT2D eigenvalue weighted by Gasteiger charge is 2.18.